The van der Waals surface area contributed by atoms with Crippen LogP contribution in [0, 0.1) is 17.2 Å². The van der Waals surface area contributed by atoms with Crippen LogP contribution in [0.5, 0.6) is 0 Å². The number of fused-ring (bicyclic) bond motifs is 1. The molecule has 1 unspecified atom stereocenters. The van der Waals surface area contributed by atoms with Crippen molar-refractivity contribution in [2.45, 2.75) is 13.3 Å². The third kappa shape index (κ3) is 2.32. The fourth-order valence-corrected chi connectivity index (χ4v) is 3.26. The first-order valence-electron chi connectivity index (χ1n) is 6.74. The van der Waals surface area contributed by atoms with Crippen LogP contribution in [0.4, 0.5) is 11.4 Å². The van der Waals surface area contributed by atoms with Crippen LogP contribution in [0.3, 0.4) is 0 Å². The van der Waals surface area contributed by atoms with Crippen molar-refractivity contribution in [3.63, 3.8) is 0 Å². The van der Waals surface area contributed by atoms with Gasteiger partial charge >= 0.3 is 0 Å². The average molecular weight is 327 g/mol. The number of benzene rings is 2. The average Bonchev–Trinajstić information content (AvgIpc) is 2.46. The van der Waals surface area contributed by atoms with Crippen molar-refractivity contribution in [1.82, 2.24) is 0 Å². The van der Waals surface area contributed by atoms with Crippen LogP contribution in [-0.2, 0) is 6.42 Å². The Morgan fingerprint density at radius 3 is 2.80 bits per heavy atom. The number of nitriles is 1. The summed E-state index contributed by atoms with van der Waals surface area (Å²) in [5.74, 6) is 0.624. The summed E-state index contributed by atoms with van der Waals surface area (Å²) in [6.45, 7) is 3.29. The van der Waals surface area contributed by atoms with Crippen LogP contribution in [0.15, 0.2) is 46.9 Å². The maximum atomic E-state index is 9.03. The maximum Gasteiger partial charge on any atom is 0.100 e. The molecule has 0 amide bonds. The fraction of sp³-hybridized carbons (Fsp3) is 0.235. The molecule has 1 heterocycles. The van der Waals surface area contributed by atoms with E-state index in [1.54, 1.807) is 0 Å². The van der Waals surface area contributed by atoms with E-state index in [1.165, 1.54) is 11.3 Å². The van der Waals surface area contributed by atoms with Crippen LogP contribution in [0.25, 0.3) is 0 Å². The molecular weight excluding hydrogens is 312 g/mol. The van der Waals surface area contributed by atoms with Gasteiger partial charge in [-0.2, -0.15) is 5.26 Å². The Bertz CT molecular complexity index is 688. The first kappa shape index (κ1) is 13.2. The quantitative estimate of drug-likeness (QED) is 0.762. The van der Waals surface area contributed by atoms with Gasteiger partial charge in [0.25, 0.3) is 0 Å². The molecule has 2 nitrogen and oxygen atoms in total. The van der Waals surface area contributed by atoms with Crippen molar-refractivity contribution >= 4 is 27.3 Å². The summed E-state index contributed by atoms with van der Waals surface area (Å²) in [6, 6.07) is 16.7. The van der Waals surface area contributed by atoms with Gasteiger partial charge in [0, 0.05) is 22.4 Å². The van der Waals surface area contributed by atoms with Gasteiger partial charge in [0.1, 0.15) is 6.07 Å². The third-order valence-corrected chi connectivity index (χ3v) is 4.39. The molecule has 0 bridgehead atoms. The zero-order chi connectivity index (χ0) is 14.1. The summed E-state index contributed by atoms with van der Waals surface area (Å²) in [7, 11) is 0. The highest BCUT2D eigenvalue weighted by Gasteiger charge is 2.22. The summed E-state index contributed by atoms with van der Waals surface area (Å²) >= 11 is 3.48. The molecule has 0 fully saturated rings. The fourth-order valence-electron chi connectivity index (χ4n) is 2.80. The van der Waals surface area contributed by atoms with E-state index in [0.717, 1.165) is 23.1 Å². The molecule has 0 radical (unpaired) electrons. The predicted molar refractivity (Wildman–Crippen MR) is 85.2 cm³/mol. The zero-order valence-electron chi connectivity index (χ0n) is 11.3. The maximum absolute atomic E-state index is 9.03. The minimum Gasteiger partial charge on any atom is -0.341 e. The molecule has 3 rings (SSSR count). The zero-order valence-corrected chi connectivity index (χ0v) is 12.9. The Morgan fingerprint density at radius 2 is 2.05 bits per heavy atom. The summed E-state index contributed by atoms with van der Waals surface area (Å²) < 4.78 is 0.855. The lowest BCUT2D eigenvalue weighted by Crippen LogP contribution is -2.30. The molecule has 3 heteroatoms. The van der Waals surface area contributed by atoms with Gasteiger partial charge in [0.15, 0.2) is 0 Å². The first-order chi connectivity index (χ1) is 9.69. The molecular formula is C17H15BrN2. The minimum atomic E-state index is 0.624. The van der Waals surface area contributed by atoms with E-state index in [9.17, 15) is 0 Å². The van der Waals surface area contributed by atoms with Gasteiger partial charge in [0.2, 0.25) is 0 Å². The topological polar surface area (TPSA) is 27.0 Å². The highest BCUT2D eigenvalue weighted by molar-refractivity contribution is 9.10. The molecule has 1 aliphatic heterocycles. The second-order valence-corrected chi connectivity index (χ2v) is 6.18. The van der Waals surface area contributed by atoms with Crippen molar-refractivity contribution in [3.05, 3.63) is 58.1 Å². The molecule has 0 saturated carbocycles. The van der Waals surface area contributed by atoms with Crippen molar-refractivity contribution in [2.75, 3.05) is 11.4 Å². The Hall–Kier alpha value is -1.79. The number of nitrogens with zero attached hydrogens (tertiary/aromatic N) is 2. The summed E-state index contributed by atoms with van der Waals surface area (Å²) in [4.78, 5) is 2.34. The lowest BCUT2D eigenvalue weighted by atomic mass is 9.93. The highest BCUT2D eigenvalue weighted by Crippen LogP contribution is 2.36. The number of hydrogen-bond acceptors (Lipinski definition) is 2. The highest BCUT2D eigenvalue weighted by atomic mass is 79.9. The van der Waals surface area contributed by atoms with Gasteiger partial charge < -0.3 is 4.90 Å². The Kier molecular flexibility index (Phi) is 3.50. The molecule has 0 N–H and O–H groups in total. The largest absolute Gasteiger partial charge is 0.341 e. The Balaban J connectivity index is 2.06. The number of halogens is 1. The molecule has 0 aromatic heterocycles. The monoisotopic (exact) mass is 326 g/mol. The van der Waals surface area contributed by atoms with Crippen LogP contribution in [0.2, 0.25) is 0 Å². The number of para-hydroxylation sites is 1. The van der Waals surface area contributed by atoms with Crippen LogP contribution >= 0.6 is 15.9 Å². The first-order valence-corrected chi connectivity index (χ1v) is 7.53. The van der Waals surface area contributed by atoms with Gasteiger partial charge in [-0.3, -0.25) is 0 Å². The van der Waals surface area contributed by atoms with E-state index < -0.39 is 0 Å². The summed E-state index contributed by atoms with van der Waals surface area (Å²) in [5.41, 5.74) is 4.48. The van der Waals surface area contributed by atoms with Gasteiger partial charge in [-0.1, -0.05) is 25.1 Å². The van der Waals surface area contributed by atoms with Crippen molar-refractivity contribution < 1.29 is 0 Å². The van der Waals surface area contributed by atoms with E-state index >= 15 is 0 Å². The molecule has 0 aliphatic carbocycles. The van der Waals surface area contributed by atoms with Crippen LogP contribution < -0.4 is 4.90 Å². The number of anilines is 2. The lowest BCUT2D eigenvalue weighted by molar-refractivity contribution is 0.562. The van der Waals surface area contributed by atoms with E-state index in [4.69, 9.17) is 5.26 Å². The van der Waals surface area contributed by atoms with Crippen molar-refractivity contribution in [3.8, 4) is 6.07 Å². The molecule has 1 atom stereocenters. The van der Waals surface area contributed by atoms with E-state index in [1.807, 2.05) is 18.2 Å². The molecule has 0 spiro atoms. The van der Waals surface area contributed by atoms with Crippen LogP contribution in [-0.4, -0.2) is 6.54 Å². The Morgan fingerprint density at radius 1 is 1.25 bits per heavy atom. The van der Waals surface area contributed by atoms with Crippen LogP contribution in [0.1, 0.15) is 18.1 Å². The van der Waals surface area contributed by atoms with Gasteiger partial charge in [-0.25, -0.2) is 0 Å². The smallest absolute Gasteiger partial charge is 0.100 e. The molecule has 2 aromatic rings. The van der Waals surface area contributed by atoms with Crippen molar-refractivity contribution in [1.29, 1.82) is 5.26 Å². The molecule has 0 saturated heterocycles. The summed E-state index contributed by atoms with van der Waals surface area (Å²) in [5, 5.41) is 9.03. The van der Waals surface area contributed by atoms with E-state index in [-0.39, 0.29) is 0 Å². The normalized spacial score (nSPS) is 17.4. The number of rotatable bonds is 1. The van der Waals surface area contributed by atoms with Gasteiger partial charge in [-0.05, 0) is 58.1 Å². The minimum absolute atomic E-state index is 0.624. The van der Waals surface area contributed by atoms with Gasteiger partial charge in [-0.15, -0.1) is 0 Å². The molecule has 100 valence electrons. The molecule has 20 heavy (non-hydrogen) atoms. The second-order valence-electron chi connectivity index (χ2n) is 5.32. The standard InChI is InChI=1S/C17H15BrN2/c1-12-8-13-4-2-3-5-17(13)20(11-12)15-7-6-14(10-19)16(18)9-15/h2-7,9,12H,8,11H2,1H3. The summed E-state index contributed by atoms with van der Waals surface area (Å²) in [6.07, 6.45) is 1.13. The molecule has 1 aliphatic rings. The van der Waals surface area contributed by atoms with Gasteiger partial charge in [0.05, 0.1) is 5.56 Å². The van der Waals surface area contributed by atoms with E-state index in [2.05, 4.69) is 58.1 Å². The predicted octanol–water partition coefficient (Wildman–Crippen LogP) is 4.65. The molecule has 2 aromatic carbocycles. The lowest BCUT2D eigenvalue weighted by Gasteiger charge is -2.35. The number of hydrogen-bond donors (Lipinski definition) is 0. The third-order valence-electron chi connectivity index (χ3n) is 3.73. The van der Waals surface area contributed by atoms with Crippen molar-refractivity contribution in [2.24, 2.45) is 5.92 Å². The SMILES string of the molecule is CC1Cc2ccccc2N(c2ccc(C#N)c(Br)c2)C1. The Labute approximate surface area is 127 Å². The second kappa shape index (κ2) is 5.30. The van der Waals surface area contributed by atoms with E-state index in [0.29, 0.717) is 11.5 Å².